The Bertz CT molecular complexity index is 691. The van der Waals surface area contributed by atoms with Crippen LogP contribution >= 0.6 is 39.9 Å². The lowest BCUT2D eigenvalue weighted by Gasteiger charge is -2.13. The van der Waals surface area contributed by atoms with E-state index in [0.29, 0.717) is 31.0 Å². The number of rotatable bonds is 7. The summed E-state index contributed by atoms with van der Waals surface area (Å²) < 4.78 is 16.6. The molecular formula is C16H23BrFIN6. The maximum atomic E-state index is 13.7. The number of guanidine groups is 1. The number of hydrogen-bond donors (Lipinski definition) is 2. The molecule has 2 N–H and O–H groups in total. The lowest BCUT2D eigenvalue weighted by molar-refractivity contribution is 0.605. The molecule has 1 heterocycles. The van der Waals surface area contributed by atoms with Crippen molar-refractivity contribution < 1.29 is 4.39 Å². The van der Waals surface area contributed by atoms with Crippen molar-refractivity contribution in [3.63, 3.8) is 0 Å². The van der Waals surface area contributed by atoms with Gasteiger partial charge in [-0.3, -0.25) is 4.99 Å². The van der Waals surface area contributed by atoms with Crippen molar-refractivity contribution in [3.8, 4) is 0 Å². The van der Waals surface area contributed by atoms with Crippen LogP contribution in [0.5, 0.6) is 0 Å². The monoisotopic (exact) mass is 524 g/mol. The highest BCUT2D eigenvalue weighted by molar-refractivity contribution is 14.0. The van der Waals surface area contributed by atoms with E-state index in [1.165, 1.54) is 6.07 Å². The molecule has 2 rings (SSSR count). The van der Waals surface area contributed by atoms with Gasteiger partial charge in [0.15, 0.2) is 5.96 Å². The third-order valence-corrected chi connectivity index (χ3v) is 4.07. The predicted molar refractivity (Wildman–Crippen MR) is 112 cm³/mol. The second-order valence-electron chi connectivity index (χ2n) is 5.21. The van der Waals surface area contributed by atoms with Gasteiger partial charge in [-0.1, -0.05) is 22.9 Å². The summed E-state index contributed by atoms with van der Waals surface area (Å²) >= 11 is 3.36. The highest BCUT2D eigenvalue weighted by Crippen LogP contribution is 2.15. The molecule has 0 atom stereocenters. The minimum atomic E-state index is -0.192. The molecule has 9 heteroatoms. The Hall–Kier alpha value is -1.23. The summed E-state index contributed by atoms with van der Waals surface area (Å²) in [7, 11) is 1.71. The van der Waals surface area contributed by atoms with E-state index in [0.717, 1.165) is 23.3 Å². The number of nitrogens with one attached hydrogen (secondary N) is 2. The Labute approximate surface area is 172 Å². The van der Waals surface area contributed by atoms with Gasteiger partial charge >= 0.3 is 0 Å². The molecule has 0 bridgehead atoms. The van der Waals surface area contributed by atoms with Crippen LogP contribution in [0.4, 0.5) is 4.39 Å². The van der Waals surface area contributed by atoms with E-state index < -0.39 is 0 Å². The van der Waals surface area contributed by atoms with E-state index in [2.05, 4.69) is 48.7 Å². The van der Waals surface area contributed by atoms with E-state index in [4.69, 9.17) is 0 Å². The minimum absolute atomic E-state index is 0. The van der Waals surface area contributed by atoms with Gasteiger partial charge < -0.3 is 15.2 Å². The number of hydrogen-bond acceptors (Lipinski definition) is 3. The normalized spacial score (nSPS) is 11.1. The highest BCUT2D eigenvalue weighted by atomic mass is 127. The van der Waals surface area contributed by atoms with Crippen molar-refractivity contribution in [2.24, 2.45) is 4.99 Å². The fourth-order valence-electron chi connectivity index (χ4n) is 2.31. The largest absolute Gasteiger partial charge is 0.356 e. The molecule has 0 amide bonds. The van der Waals surface area contributed by atoms with Crippen LogP contribution in [0.2, 0.25) is 0 Å². The minimum Gasteiger partial charge on any atom is -0.356 e. The molecule has 25 heavy (non-hydrogen) atoms. The number of aryl methyl sites for hydroxylation is 1. The third-order valence-electron chi connectivity index (χ3n) is 3.58. The van der Waals surface area contributed by atoms with Gasteiger partial charge in [-0.15, -0.1) is 34.2 Å². The summed E-state index contributed by atoms with van der Waals surface area (Å²) in [6, 6.07) is 4.96. The van der Waals surface area contributed by atoms with Crippen molar-refractivity contribution in [1.29, 1.82) is 0 Å². The van der Waals surface area contributed by atoms with Crippen LogP contribution < -0.4 is 10.6 Å². The maximum Gasteiger partial charge on any atom is 0.191 e. The Morgan fingerprint density at radius 2 is 2.08 bits per heavy atom. The molecule has 0 aliphatic carbocycles. The molecule has 0 spiro atoms. The van der Waals surface area contributed by atoms with Gasteiger partial charge in [0.1, 0.15) is 18.0 Å². The third kappa shape index (κ3) is 6.89. The van der Waals surface area contributed by atoms with Crippen LogP contribution in [0, 0.1) is 5.82 Å². The summed E-state index contributed by atoms with van der Waals surface area (Å²) in [6.07, 6.45) is 3.16. The summed E-state index contributed by atoms with van der Waals surface area (Å²) in [5.41, 5.74) is 0.671. The standard InChI is InChI=1S/C16H22BrFN6.HI/c1-3-15-23-22-11-24(15)9-8-21-16(19-2)20-7-6-12-10-13(17)4-5-14(12)18;/h4-5,10-11H,3,6-9H2,1-2H3,(H2,19,20,21);1H. The van der Waals surface area contributed by atoms with E-state index in [1.807, 2.05) is 4.57 Å². The van der Waals surface area contributed by atoms with Crippen LogP contribution in [-0.2, 0) is 19.4 Å². The van der Waals surface area contributed by atoms with Gasteiger partial charge in [-0.05, 0) is 30.2 Å². The predicted octanol–water partition coefficient (Wildman–Crippen LogP) is 2.77. The van der Waals surface area contributed by atoms with Gasteiger partial charge in [0.2, 0.25) is 0 Å². The van der Waals surface area contributed by atoms with Crippen LogP contribution in [-0.4, -0.2) is 40.9 Å². The molecule has 0 fully saturated rings. The SMILES string of the molecule is CCc1nncn1CCNC(=NC)NCCc1cc(Br)ccc1F.I. The maximum absolute atomic E-state index is 13.7. The number of aliphatic imine (C=N–C) groups is 1. The molecule has 6 nitrogen and oxygen atoms in total. The van der Waals surface area contributed by atoms with E-state index >= 15 is 0 Å². The van der Waals surface area contributed by atoms with Crippen LogP contribution in [0.3, 0.4) is 0 Å². The Balaban J connectivity index is 0.00000312. The van der Waals surface area contributed by atoms with Gasteiger partial charge in [-0.25, -0.2) is 4.39 Å². The van der Waals surface area contributed by atoms with Gasteiger partial charge in [0.05, 0.1) is 0 Å². The molecule has 0 aliphatic heterocycles. The van der Waals surface area contributed by atoms with E-state index in [-0.39, 0.29) is 29.8 Å². The summed E-state index contributed by atoms with van der Waals surface area (Å²) in [5, 5.41) is 14.4. The number of aromatic nitrogens is 3. The second kappa shape index (κ2) is 11.4. The first-order valence-electron chi connectivity index (χ1n) is 7.89. The van der Waals surface area contributed by atoms with Crippen molar-refractivity contribution in [2.45, 2.75) is 26.3 Å². The average molecular weight is 525 g/mol. The zero-order valence-corrected chi connectivity index (χ0v) is 18.2. The van der Waals surface area contributed by atoms with Gasteiger partial charge in [0, 0.05) is 37.6 Å². The Kier molecular flexibility index (Phi) is 9.94. The summed E-state index contributed by atoms with van der Waals surface area (Å²) in [4.78, 5) is 4.17. The first-order valence-corrected chi connectivity index (χ1v) is 8.68. The first-order chi connectivity index (χ1) is 11.6. The van der Waals surface area contributed by atoms with Crippen LogP contribution in [0.25, 0.3) is 0 Å². The molecule has 138 valence electrons. The van der Waals surface area contributed by atoms with Crippen molar-refractivity contribution >= 4 is 45.9 Å². The van der Waals surface area contributed by atoms with Crippen LogP contribution in [0.1, 0.15) is 18.3 Å². The zero-order valence-electron chi connectivity index (χ0n) is 14.3. The number of benzene rings is 1. The van der Waals surface area contributed by atoms with Crippen molar-refractivity contribution in [2.75, 3.05) is 20.1 Å². The second-order valence-corrected chi connectivity index (χ2v) is 6.12. The topological polar surface area (TPSA) is 67.1 Å². The zero-order chi connectivity index (χ0) is 17.4. The molecule has 0 radical (unpaired) electrons. The van der Waals surface area contributed by atoms with Crippen LogP contribution in [0.15, 0.2) is 34.0 Å². The molecule has 1 aromatic heterocycles. The highest BCUT2D eigenvalue weighted by Gasteiger charge is 2.05. The first kappa shape index (κ1) is 21.8. The molecule has 0 unspecified atom stereocenters. The molecule has 0 saturated carbocycles. The number of halogens is 3. The summed E-state index contributed by atoms with van der Waals surface area (Å²) in [6.45, 7) is 4.11. The average Bonchev–Trinajstić information content (AvgIpc) is 3.04. The smallest absolute Gasteiger partial charge is 0.191 e. The fourth-order valence-corrected chi connectivity index (χ4v) is 2.71. The fraction of sp³-hybridized carbons (Fsp3) is 0.438. The lowest BCUT2D eigenvalue weighted by Crippen LogP contribution is -2.39. The molecule has 1 aromatic carbocycles. The van der Waals surface area contributed by atoms with Gasteiger partial charge in [0.25, 0.3) is 0 Å². The van der Waals surface area contributed by atoms with E-state index in [1.54, 1.807) is 25.5 Å². The van der Waals surface area contributed by atoms with E-state index in [9.17, 15) is 4.39 Å². The Morgan fingerprint density at radius 1 is 1.32 bits per heavy atom. The quantitative estimate of drug-likeness (QED) is 0.332. The molecule has 2 aromatic rings. The van der Waals surface area contributed by atoms with Gasteiger partial charge in [-0.2, -0.15) is 0 Å². The molecular weight excluding hydrogens is 502 g/mol. The molecule has 0 aliphatic rings. The molecule has 0 saturated heterocycles. The Morgan fingerprint density at radius 3 is 2.80 bits per heavy atom. The summed E-state index contributed by atoms with van der Waals surface area (Å²) in [5.74, 6) is 1.46. The van der Waals surface area contributed by atoms with Crippen molar-refractivity contribution in [3.05, 3.63) is 46.2 Å². The lowest BCUT2D eigenvalue weighted by atomic mass is 10.1. The van der Waals surface area contributed by atoms with Crippen molar-refractivity contribution in [1.82, 2.24) is 25.4 Å². The number of nitrogens with zero attached hydrogens (tertiary/aromatic N) is 4.